The minimum absolute atomic E-state index is 0.0694. The number of hydrogen-bond donors (Lipinski definition) is 1. The molecule has 0 aliphatic carbocycles. The van der Waals surface area contributed by atoms with Gasteiger partial charge in [-0.25, -0.2) is 9.69 Å². The van der Waals surface area contributed by atoms with Crippen molar-refractivity contribution in [2.45, 2.75) is 51.7 Å². The molecule has 0 unspecified atom stereocenters. The first kappa shape index (κ1) is 20.9. The van der Waals surface area contributed by atoms with E-state index in [1.165, 1.54) is 0 Å². The average Bonchev–Trinajstić information content (AvgIpc) is 2.93. The average molecular weight is 377 g/mol. The van der Waals surface area contributed by atoms with E-state index < -0.39 is 35.5 Å². The Morgan fingerprint density at radius 3 is 2.56 bits per heavy atom. The molecule has 1 aromatic carbocycles. The standard InChI is InChI=1S/C20H27NO6/c1-20(2,3)27-17(23)12-15(9-10-22)18(24)21-16(13-26-19(21)25)11-14-7-5-4-6-8-14/h4-8,15-16,22H,9-13H2,1-3H3/t15-,16+/m0/s1. The van der Waals surface area contributed by atoms with Gasteiger partial charge in [-0.1, -0.05) is 30.3 Å². The second-order valence-electron chi connectivity index (χ2n) is 7.63. The highest BCUT2D eigenvalue weighted by atomic mass is 16.6. The summed E-state index contributed by atoms with van der Waals surface area (Å²) < 4.78 is 10.3. The van der Waals surface area contributed by atoms with Crippen molar-refractivity contribution >= 4 is 18.0 Å². The summed E-state index contributed by atoms with van der Waals surface area (Å²) in [6.07, 6.45) is -0.372. The molecule has 0 saturated carbocycles. The summed E-state index contributed by atoms with van der Waals surface area (Å²) in [7, 11) is 0. The van der Waals surface area contributed by atoms with Gasteiger partial charge in [-0.2, -0.15) is 0 Å². The molecule has 0 bridgehead atoms. The summed E-state index contributed by atoms with van der Waals surface area (Å²) in [5.74, 6) is -1.89. The normalized spacial score (nSPS) is 18.1. The van der Waals surface area contributed by atoms with Crippen LogP contribution in [0.3, 0.4) is 0 Å². The number of aliphatic hydroxyl groups excluding tert-OH is 1. The highest BCUT2D eigenvalue weighted by molar-refractivity contribution is 5.96. The molecule has 2 atom stereocenters. The van der Waals surface area contributed by atoms with Gasteiger partial charge in [-0.3, -0.25) is 9.59 Å². The fourth-order valence-corrected chi connectivity index (χ4v) is 3.02. The number of aliphatic hydroxyl groups is 1. The van der Waals surface area contributed by atoms with Crippen LogP contribution in [-0.2, 0) is 25.5 Å². The van der Waals surface area contributed by atoms with E-state index in [-0.39, 0.29) is 26.1 Å². The number of esters is 1. The predicted octanol–water partition coefficient (Wildman–Crippen LogP) is 2.31. The zero-order chi connectivity index (χ0) is 20.0. The fraction of sp³-hybridized carbons (Fsp3) is 0.550. The van der Waals surface area contributed by atoms with Crippen LogP contribution in [0.2, 0.25) is 0 Å². The lowest BCUT2D eigenvalue weighted by molar-refractivity contribution is -0.158. The lowest BCUT2D eigenvalue weighted by Crippen LogP contribution is -2.44. The molecular weight excluding hydrogens is 350 g/mol. The van der Waals surface area contributed by atoms with Crippen LogP contribution in [0.25, 0.3) is 0 Å². The van der Waals surface area contributed by atoms with Crippen LogP contribution >= 0.6 is 0 Å². The van der Waals surface area contributed by atoms with Crippen LogP contribution < -0.4 is 0 Å². The van der Waals surface area contributed by atoms with Gasteiger partial charge in [0, 0.05) is 6.61 Å². The Kier molecular flexibility index (Phi) is 6.96. The highest BCUT2D eigenvalue weighted by Gasteiger charge is 2.41. The summed E-state index contributed by atoms with van der Waals surface area (Å²) in [5, 5.41) is 9.30. The van der Waals surface area contributed by atoms with E-state index in [0.29, 0.717) is 6.42 Å². The molecule has 1 heterocycles. The Morgan fingerprint density at radius 1 is 1.30 bits per heavy atom. The fourth-order valence-electron chi connectivity index (χ4n) is 3.02. The molecule has 1 saturated heterocycles. The predicted molar refractivity (Wildman–Crippen MR) is 97.8 cm³/mol. The molecule has 0 aromatic heterocycles. The molecule has 1 fully saturated rings. The van der Waals surface area contributed by atoms with Crippen molar-refractivity contribution in [1.82, 2.24) is 4.90 Å². The SMILES string of the molecule is CC(C)(C)OC(=O)C[C@H](CCO)C(=O)N1C(=O)OC[C@H]1Cc1ccccc1. The number of amides is 2. The molecule has 0 radical (unpaired) electrons. The maximum absolute atomic E-state index is 13.0. The third-order valence-corrected chi connectivity index (χ3v) is 4.17. The second-order valence-corrected chi connectivity index (χ2v) is 7.63. The topological polar surface area (TPSA) is 93.1 Å². The number of nitrogens with zero attached hydrogens (tertiary/aromatic N) is 1. The molecule has 1 aliphatic heterocycles. The molecule has 1 aromatic rings. The summed E-state index contributed by atoms with van der Waals surface area (Å²) in [4.78, 5) is 38.3. The second kappa shape index (κ2) is 8.99. The van der Waals surface area contributed by atoms with Gasteiger partial charge in [-0.05, 0) is 39.2 Å². The quantitative estimate of drug-likeness (QED) is 0.733. The number of carbonyl (C=O) groups is 3. The first-order valence-corrected chi connectivity index (χ1v) is 9.07. The maximum Gasteiger partial charge on any atom is 0.416 e. The Labute approximate surface area is 159 Å². The van der Waals surface area contributed by atoms with Gasteiger partial charge in [0.25, 0.3) is 0 Å². The van der Waals surface area contributed by atoms with Gasteiger partial charge in [-0.15, -0.1) is 0 Å². The van der Waals surface area contributed by atoms with Gasteiger partial charge in [0.05, 0.1) is 18.4 Å². The smallest absolute Gasteiger partial charge is 0.416 e. The van der Waals surface area contributed by atoms with E-state index in [0.717, 1.165) is 10.5 Å². The lowest BCUT2D eigenvalue weighted by Gasteiger charge is -2.26. The van der Waals surface area contributed by atoms with Gasteiger partial charge >= 0.3 is 12.1 Å². The van der Waals surface area contributed by atoms with E-state index in [9.17, 15) is 19.5 Å². The number of imide groups is 1. The Bertz CT molecular complexity index is 667. The molecule has 27 heavy (non-hydrogen) atoms. The van der Waals surface area contributed by atoms with Crippen molar-refractivity contribution in [3.05, 3.63) is 35.9 Å². The van der Waals surface area contributed by atoms with Crippen LogP contribution in [0.15, 0.2) is 30.3 Å². The van der Waals surface area contributed by atoms with Gasteiger partial charge in [0.15, 0.2) is 0 Å². The van der Waals surface area contributed by atoms with E-state index >= 15 is 0 Å². The summed E-state index contributed by atoms with van der Waals surface area (Å²) in [6, 6.07) is 9.05. The van der Waals surface area contributed by atoms with Gasteiger partial charge in [0.1, 0.15) is 12.2 Å². The molecule has 2 rings (SSSR count). The third kappa shape index (κ3) is 6.06. The van der Waals surface area contributed by atoms with Crippen LogP contribution in [0.4, 0.5) is 4.79 Å². The van der Waals surface area contributed by atoms with Crippen LogP contribution in [0.5, 0.6) is 0 Å². The van der Waals surface area contributed by atoms with Crippen molar-refractivity contribution in [2.24, 2.45) is 5.92 Å². The van der Waals surface area contributed by atoms with Crippen LogP contribution in [-0.4, -0.2) is 52.8 Å². The molecule has 148 valence electrons. The molecular formula is C20H27NO6. The van der Waals surface area contributed by atoms with E-state index in [2.05, 4.69) is 0 Å². The number of hydrogen-bond acceptors (Lipinski definition) is 6. The molecule has 2 amide bonds. The number of cyclic esters (lactones) is 1. The molecule has 1 N–H and O–H groups in total. The van der Waals surface area contributed by atoms with Gasteiger partial charge < -0.3 is 14.6 Å². The summed E-state index contributed by atoms with van der Waals surface area (Å²) in [5.41, 5.74) is 0.302. The first-order chi connectivity index (χ1) is 12.7. The molecule has 1 aliphatic rings. The third-order valence-electron chi connectivity index (χ3n) is 4.17. The van der Waals surface area contributed by atoms with Crippen molar-refractivity contribution in [3.8, 4) is 0 Å². The Hall–Kier alpha value is -2.41. The number of benzene rings is 1. The largest absolute Gasteiger partial charge is 0.460 e. The number of ether oxygens (including phenoxy) is 2. The van der Waals surface area contributed by atoms with E-state index in [1.807, 2.05) is 30.3 Å². The molecule has 7 heteroatoms. The number of rotatable bonds is 7. The number of carbonyl (C=O) groups excluding carboxylic acids is 3. The van der Waals surface area contributed by atoms with E-state index in [1.54, 1.807) is 20.8 Å². The van der Waals surface area contributed by atoms with Crippen molar-refractivity contribution in [1.29, 1.82) is 0 Å². The zero-order valence-electron chi connectivity index (χ0n) is 16.0. The maximum atomic E-state index is 13.0. The minimum Gasteiger partial charge on any atom is -0.460 e. The Morgan fingerprint density at radius 2 is 1.96 bits per heavy atom. The van der Waals surface area contributed by atoms with Crippen LogP contribution in [0.1, 0.15) is 39.2 Å². The van der Waals surface area contributed by atoms with E-state index in [4.69, 9.17) is 9.47 Å². The van der Waals surface area contributed by atoms with Crippen molar-refractivity contribution in [2.75, 3.05) is 13.2 Å². The van der Waals surface area contributed by atoms with Crippen LogP contribution in [0, 0.1) is 5.92 Å². The zero-order valence-corrected chi connectivity index (χ0v) is 16.0. The monoisotopic (exact) mass is 377 g/mol. The van der Waals surface area contributed by atoms with Crippen molar-refractivity contribution in [3.63, 3.8) is 0 Å². The molecule has 0 spiro atoms. The lowest BCUT2D eigenvalue weighted by atomic mass is 9.98. The van der Waals surface area contributed by atoms with Gasteiger partial charge in [0.2, 0.25) is 5.91 Å². The molecule has 7 nitrogen and oxygen atoms in total. The Balaban J connectivity index is 2.11. The highest BCUT2D eigenvalue weighted by Crippen LogP contribution is 2.23. The first-order valence-electron chi connectivity index (χ1n) is 9.07. The summed E-state index contributed by atoms with van der Waals surface area (Å²) >= 11 is 0. The van der Waals surface area contributed by atoms with Crippen molar-refractivity contribution < 1.29 is 29.0 Å². The minimum atomic E-state index is -0.839. The summed E-state index contributed by atoms with van der Waals surface area (Å²) in [6.45, 7) is 5.05.